The first-order chi connectivity index (χ1) is 8.86. The van der Waals surface area contributed by atoms with Crippen LogP contribution in [0.3, 0.4) is 0 Å². The van der Waals surface area contributed by atoms with E-state index >= 15 is 0 Å². The van der Waals surface area contributed by atoms with Crippen LogP contribution in [0.4, 0.5) is 0 Å². The van der Waals surface area contributed by atoms with Crippen molar-refractivity contribution in [1.29, 1.82) is 0 Å². The maximum atomic E-state index is 12.8. The van der Waals surface area contributed by atoms with Gasteiger partial charge in [0.05, 0.1) is 0 Å². The number of fused-ring (bicyclic) bond motifs is 5. The molecule has 5 atom stereocenters. The third-order valence-electron chi connectivity index (χ3n) is 5.64. The van der Waals surface area contributed by atoms with Crippen molar-refractivity contribution in [2.75, 3.05) is 13.1 Å². The van der Waals surface area contributed by atoms with Crippen molar-refractivity contribution >= 4 is 5.91 Å². The minimum Gasteiger partial charge on any atom is -0.336 e. The summed E-state index contributed by atoms with van der Waals surface area (Å²) in [6.07, 6.45) is 10.1. The van der Waals surface area contributed by atoms with E-state index < -0.39 is 0 Å². The Morgan fingerprint density at radius 2 is 1.78 bits per heavy atom. The van der Waals surface area contributed by atoms with Crippen LogP contribution in [0.1, 0.15) is 32.1 Å². The van der Waals surface area contributed by atoms with Gasteiger partial charge in [-0.05, 0) is 43.9 Å². The second kappa shape index (κ2) is 4.09. The van der Waals surface area contributed by atoms with Crippen LogP contribution in [0.5, 0.6) is 0 Å². The number of carbonyl (C=O) groups excluding carboxylic acids is 1. The molecule has 0 aromatic rings. The van der Waals surface area contributed by atoms with Gasteiger partial charge in [0, 0.05) is 31.1 Å². The Kier molecular flexibility index (Phi) is 2.51. The van der Waals surface area contributed by atoms with Crippen molar-refractivity contribution < 1.29 is 4.79 Å². The Morgan fingerprint density at radius 1 is 1.06 bits per heavy atom. The summed E-state index contributed by atoms with van der Waals surface area (Å²) < 4.78 is 0. The molecule has 3 heteroatoms. The van der Waals surface area contributed by atoms with Crippen molar-refractivity contribution in [3.05, 3.63) is 12.2 Å². The molecule has 0 saturated carbocycles. The third kappa shape index (κ3) is 1.43. The van der Waals surface area contributed by atoms with E-state index in [1.54, 1.807) is 0 Å². The van der Waals surface area contributed by atoms with E-state index in [9.17, 15) is 4.79 Å². The summed E-state index contributed by atoms with van der Waals surface area (Å²) in [7, 11) is 0. The lowest BCUT2D eigenvalue weighted by Gasteiger charge is -2.29. The largest absolute Gasteiger partial charge is 0.336 e. The Bertz CT molecular complexity index is 374. The summed E-state index contributed by atoms with van der Waals surface area (Å²) in [6, 6.07) is 1.13. The fraction of sp³-hybridized carbons (Fsp3) is 0.800. The van der Waals surface area contributed by atoms with E-state index in [4.69, 9.17) is 0 Å². The lowest BCUT2D eigenvalue weighted by atomic mass is 9.82. The molecule has 3 nitrogen and oxygen atoms in total. The highest BCUT2D eigenvalue weighted by atomic mass is 16.2. The maximum Gasteiger partial charge on any atom is 0.226 e. The minimum absolute atomic E-state index is 0.282. The predicted molar refractivity (Wildman–Crippen MR) is 70.0 cm³/mol. The van der Waals surface area contributed by atoms with Crippen LogP contribution < -0.4 is 5.32 Å². The number of hydrogen-bond acceptors (Lipinski definition) is 2. The average molecular weight is 246 g/mol. The second-order valence-electron chi connectivity index (χ2n) is 6.42. The zero-order chi connectivity index (χ0) is 12.1. The van der Waals surface area contributed by atoms with E-state index in [0.717, 1.165) is 44.2 Å². The Balaban J connectivity index is 1.55. The highest BCUT2D eigenvalue weighted by molar-refractivity contribution is 5.80. The van der Waals surface area contributed by atoms with Gasteiger partial charge in [0.15, 0.2) is 0 Å². The monoisotopic (exact) mass is 246 g/mol. The quantitative estimate of drug-likeness (QED) is 0.712. The van der Waals surface area contributed by atoms with Crippen LogP contribution >= 0.6 is 0 Å². The van der Waals surface area contributed by atoms with Gasteiger partial charge in [-0.25, -0.2) is 0 Å². The molecule has 3 heterocycles. The summed E-state index contributed by atoms with van der Waals surface area (Å²) in [5.41, 5.74) is 0. The summed E-state index contributed by atoms with van der Waals surface area (Å²) in [5, 5.41) is 3.51. The molecular weight excluding hydrogens is 224 g/mol. The van der Waals surface area contributed by atoms with E-state index in [0.29, 0.717) is 18.0 Å². The maximum absolute atomic E-state index is 12.8. The first-order valence-corrected chi connectivity index (χ1v) is 7.54. The average Bonchev–Trinajstić information content (AvgIpc) is 3.10. The summed E-state index contributed by atoms with van der Waals surface area (Å²) in [6.45, 7) is 2.28. The SMILES string of the molecule is O=C(C1CC=CCC1)N1[C@@H]2CC[C@H]1[C@H]1CNC[C@H]12. The molecule has 0 aromatic heterocycles. The standard InChI is InChI=1S/C15H22N2O/c18-15(10-4-2-1-3-5-10)17-13-6-7-14(17)12-9-16-8-11(12)13/h1-2,10-14,16H,3-9H2/t10?,11-,12+,13-,14+. The molecule has 1 amide bonds. The van der Waals surface area contributed by atoms with E-state index in [2.05, 4.69) is 22.4 Å². The Labute approximate surface area is 109 Å². The van der Waals surface area contributed by atoms with Crippen LogP contribution in [0, 0.1) is 17.8 Å². The third-order valence-corrected chi connectivity index (χ3v) is 5.64. The molecule has 4 rings (SSSR count). The zero-order valence-electron chi connectivity index (χ0n) is 10.8. The van der Waals surface area contributed by atoms with Gasteiger partial charge in [-0.1, -0.05) is 12.2 Å². The van der Waals surface area contributed by atoms with Gasteiger partial charge in [-0.15, -0.1) is 0 Å². The molecule has 1 aliphatic carbocycles. The lowest BCUT2D eigenvalue weighted by molar-refractivity contribution is -0.137. The molecular formula is C15H22N2O. The Morgan fingerprint density at radius 3 is 2.39 bits per heavy atom. The molecule has 1 unspecified atom stereocenters. The lowest BCUT2D eigenvalue weighted by Crippen LogP contribution is -2.42. The van der Waals surface area contributed by atoms with Crippen LogP contribution in [0.2, 0.25) is 0 Å². The molecule has 0 spiro atoms. The molecule has 3 saturated heterocycles. The molecule has 4 aliphatic rings. The molecule has 0 radical (unpaired) electrons. The zero-order valence-corrected chi connectivity index (χ0v) is 10.8. The molecule has 1 N–H and O–H groups in total. The highest BCUT2D eigenvalue weighted by Gasteiger charge is 2.56. The number of amides is 1. The van der Waals surface area contributed by atoms with Crippen molar-refractivity contribution in [3.63, 3.8) is 0 Å². The Hall–Kier alpha value is -0.830. The number of nitrogens with zero attached hydrogens (tertiary/aromatic N) is 1. The molecule has 18 heavy (non-hydrogen) atoms. The van der Waals surface area contributed by atoms with Gasteiger partial charge in [-0.2, -0.15) is 0 Å². The molecule has 98 valence electrons. The van der Waals surface area contributed by atoms with E-state index in [1.807, 2.05) is 0 Å². The van der Waals surface area contributed by atoms with Crippen molar-refractivity contribution in [2.24, 2.45) is 17.8 Å². The number of hydrogen-bond donors (Lipinski definition) is 1. The first kappa shape index (κ1) is 11.0. The summed E-state index contributed by atoms with van der Waals surface area (Å²) in [5.74, 6) is 2.27. The van der Waals surface area contributed by atoms with Gasteiger partial charge in [0.1, 0.15) is 0 Å². The predicted octanol–water partition coefficient (Wildman–Crippen LogP) is 1.55. The number of allylic oxidation sites excluding steroid dienone is 2. The van der Waals surface area contributed by atoms with Gasteiger partial charge in [-0.3, -0.25) is 4.79 Å². The van der Waals surface area contributed by atoms with E-state index in [-0.39, 0.29) is 5.92 Å². The molecule has 0 aromatic carbocycles. The van der Waals surface area contributed by atoms with Crippen LogP contribution in [-0.2, 0) is 4.79 Å². The number of nitrogens with one attached hydrogen (secondary N) is 1. The van der Waals surface area contributed by atoms with Crippen molar-refractivity contribution in [3.8, 4) is 0 Å². The first-order valence-electron chi connectivity index (χ1n) is 7.54. The fourth-order valence-electron chi connectivity index (χ4n) is 4.82. The topological polar surface area (TPSA) is 32.3 Å². The summed E-state index contributed by atoms with van der Waals surface area (Å²) >= 11 is 0. The molecule has 2 bridgehead atoms. The van der Waals surface area contributed by atoms with Gasteiger partial charge in [0.2, 0.25) is 5.91 Å². The van der Waals surface area contributed by atoms with Gasteiger partial charge >= 0.3 is 0 Å². The molecule has 3 fully saturated rings. The summed E-state index contributed by atoms with van der Waals surface area (Å²) in [4.78, 5) is 15.1. The second-order valence-corrected chi connectivity index (χ2v) is 6.42. The fourth-order valence-corrected chi connectivity index (χ4v) is 4.82. The smallest absolute Gasteiger partial charge is 0.226 e. The number of rotatable bonds is 1. The minimum atomic E-state index is 0.282. The van der Waals surface area contributed by atoms with Crippen molar-refractivity contribution in [2.45, 2.75) is 44.2 Å². The van der Waals surface area contributed by atoms with Crippen LogP contribution in [0.25, 0.3) is 0 Å². The number of carbonyl (C=O) groups is 1. The van der Waals surface area contributed by atoms with Gasteiger partial charge in [0.25, 0.3) is 0 Å². The highest BCUT2D eigenvalue weighted by Crippen LogP contribution is 2.48. The van der Waals surface area contributed by atoms with Crippen LogP contribution in [0.15, 0.2) is 12.2 Å². The van der Waals surface area contributed by atoms with Crippen molar-refractivity contribution in [1.82, 2.24) is 10.2 Å². The van der Waals surface area contributed by atoms with Crippen LogP contribution in [-0.4, -0.2) is 36.0 Å². The normalized spacial score (nSPS) is 45.6. The van der Waals surface area contributed by atoms with E-state index in [1.165, 1.54) is 12.8 Å². The molecule has 3 aliphatic heterocycles. The van der Waals surface area contributed by atoms with Gasteiger partial charge < -0.3 is 10.2 Å².